The number of ketones is 1. The van der Waals surface area contributed by atoms with Crippen molar-refractivity contribution in [2.75, 3.05) is 21.3 Å². The van der Waals surface area contributed by atoms with Gasteiger partial charge in [0.05, 0.1) is 21.3 Å². The van der Waals surface area contributed by atoms with Crippen molar-refractivity contribution in [3.05, 3.63) is 24.6 Å². The lowest BCUT2D eigenvalue weighted by molar-refractivity contribution is 0.104. The first-order valence-corrected chi connectivity index (χ1v) is 4.23. The number of carbonyl (C=O) groups excluding carboxylic acids is 1. The Morgan fingerprint density at radius 3 is 1.80 bits per heavy atom. The highest BCUT2D eigenvalue weighted by Gasteiger charge is 2.14. The fourth-order valence-corrected chi connectivity index (χ4v) is 1.22. The lowest BCUT2D eigenvalue weighted by Crippen LogP contribution is -1.99. The number of Topliss-reactive ketones (excluding diaryl/α,β-unsaturated/α-hetero) is 1. The summed E-state index contributed by atoms with van der Waals surface area (Å²) in [5.41, 5.74) is 0.310. The molecule has 0 unspecified atom stereocenters. The van der Waals surface area contributed by atoms with Crippen LogP contribution in [0.1, 0.15) is 10.4 Å². The molecule has 4 nitrogen and oxygen atoms in total. The van der Waals surface area contributed by atoms with E-state index in [0.29, 0.717) is 22.8 Å². The Kier molecular flexibility index (Phi) is 3.55. The summed E-state index contributed by atoms with van der Waals surface area (Å²) in [5.74, 6) is 0.704. The molecule has 0 bridgehead atoms. The zero-order chi connectivity index (χ0) is 11.4. The van der Waals surface area contributed by atoms with Crippen LogP contribution in [0.25, 0.3) is 0 Å². The largest absolute Gasteiger partial charge is 0.493 e. The van der Waals surface area contributed by atoms with E-state index in [4.69, 9.17) is 21.1 Å². The third kappa shape index (κ3) is 2.21. The summed E-state index contributed by atoms with van der Waals surface area (Å²) < 4.78 is 15.2. The first-order chi connectivity index (χ1) is 7.13. The van der Waals surface area contributed by atoms with Crippen LogP contribution in [0.15, 0.2) is 12.1 Å². The van der Waals surface area contributed by atoms with E-state index in [9.17, 15) is 4.79 Å². The molecule has 0 saturated carbocycles. The number of carbonyl (C=O) groups is 1. The maximum atomic E-state index is 11.0. The topological polar surface area (TPSA) is 44.8 Å². The molecule has 80 valence electrons. The standard InChI is InChI=1S/C11H12O4/c1-7(12)8-5-9(13-2)11(15-4)10(6-8)14-3/h1,5-6H,2-4H3. The van der Waals surface area contributed by atoms with E-state index in [0.717, 1.165) is 0 Å². The minimum atomic E-state index is -0.547. The van der Waals surface area contributed by atoms with E-state index in [-0.39, 0.29) is 0 Å². The van der Waals surface area contributed by atoms with E-state index in [1.54, 1.807) is 0 Å². The van der Waals surface area contributed by atoms with Gasteiger partial charge in [-0.25, -0.2) is 0 Å². The number of benzene rings is 1. The highest BCUT2D eigenvalue weighted by atomic mass is 16.5. The molecular weight excluding hydrogens is 196 g/mol. The Labute approximate surface area is 88.8 Å². The fourth-order valence-electron chi connectivity index (χ4n) is 1.22. The summed E-state index contributed by atoms with van der Waals surface area (Å²) in [4.78, 5) is 11.0. The third-order valence-electron chi connectivity index (χ3n) is 1.95. The molecule has 1 rings (SSSR count). The molecule has 0 aliphatic carbocycles. The summed E-state index contributed by atoms with van der Waals surface area (Å²) in [5, 5.41) is 0. The van der Waals surface area contributed by atoms with Gasteiger partial charge in [0.15, 0.2) is 17.3 Å². The molecule has 2 radical (unpaired) electrons. The van der Waals surface area contributed by atoms with Crippen LogP contribution >= 0.6 is 0 Å². The Morgan fingerprint density at radius 1 is 1.07 bits per heavy atom. The van der Waals surface area contributed by atoms with Gasteiger partial charge in [-0.2, -0.15) is 0 Å². The molecule has 0 amide bonds. The molecule has 0 fully saturated rings. The summed E-state index contributed by atoms with van der Waals surface area (Å²) in [6, 6.07) is 3.01. The number of ether oxygens (including phenoxy) is 3. The molecule has 0 aliphatic rings. The van der Waals surface area contributed by atoms with E-state index in [1.165, 1.54) is 33.5 Å². The van der Waals surface area contributed by atoms with Crippen molar-refractivity contribution in [3.63, 3.8) is 0 Å². The van der Waals surface area contributed by atoms with Crippen LogP contribution in [0.2, 0.25) is 0 Å². The van der Waals surface area contributed by atoms with Crippen LogP contribution in [0.5, 0.6) is 17.2 Å². The van der Waals surface area contributed by atoms with Crippen LogP contribution in [0.4, 0.5) is 0 Å². The maximum absolute atomic E-state index is 11.0. The SMILES string of the molecule is [CH]C(=O)c1cc(OC)c(OC)c(OC)c1. The van der Waals surface area contributed by atoms with Crippen molar-refractivity contribution >= 4 is 5.78 Å². The lowest BCUT2D eigenvalue weighted by Gasteiger charge is -2.12. The van der Waals surface area contributed by atoms with Gasteiger partial charge in [-0.1, -0.05) is 0 Å². The number of rotatable bonds is 4. The number of methoxy groups -OCH3 is 3. The van der Waals surface area contributed by atoms with Crippen LogP contribution in [-0.4, -0.2) is 27.1 Å². The molecule has 4 heteroatoms. The molecule has 0 N–H and O–H groups in total. The van der Waals surface area contributed by atoms with E-state index < -0.39 is 5.78 Å². The van der Waals surface area contributed by atoms with Gasteiger partial charge in [0.25, 0.3) is 0 Å². The van der Waals surface area contributed by atoms with Gasteiger partial charge in [-0.05, 0) is 12.1 Å². The van der Waals surface area contributed by atoms with Crippen LogP contribution in [0.3, 0.4) is 0 Å². The Bertz CT molecular complexity index is 346. The highest BCUT2D eigenvalue weighted by molar-refractivity contribution is 6.00. The molecule has 0 aromatic heterocycles. The van der Waals surface area contributed by atoms with Gasteiger partial charge in [-0.3, -0.25) is 4.79 Å². The quantitative estimate of drug-likeness (QED) is 0.705. The predicted molar refractivity (Wildman–Crippen MR) is 54.7 cm³/mol. The van der Waals surface area contributed by atoms with Gasteiger partial charge in [0.2, 0.25) is 5.75 Å². The van der Waals surface area contributed by atoms with Crippen molar-refractivity contribution in [1.29, 1.82) is 0 Å². The molecule has 0 heterocycles. The van der Waals surface area contributed by atoms with E-state index in [1.807, 2.05) is 0 Å². The van der Waals surface area contributed by atoms with Gasteiger partial charge in [0, 0.05) is 12.5 Å². The van der Waals surface area contributed by atoms with Gasteiger partial charge >= 0.3 is 0 Å². The van der Waals surface area contributed by atoms with Crippen molar-refractivity contribution in [3.8, 4) is 17.2 Å². The van der Waals surface area contributed by atoms with E-state index >= 15 is 0 Å². The second-order valence-corrected chi connectivity index (χ2v) is 2.78. The van der Waals surface area contributed by atoms with Crippen molar-refractivity contribution in [1.82, 2.24) is 0 Å². The second kappa shape index (κ2) is 4.68. The van der Waals surface area contributed by atoms with Crippen molar-refractivity contribution < 1.29 is 19.0 Å². The molecule has 15 heavy (non-hydrogen) atoms. The second-order valence-electron chi connectivity index (χ2n) is 2.78. The van der Waals surface area contributed by atoms with Gasteiger partial charge in [-0.15, -0.1) is 0 Å². The summed E-state index contributed by atoms with van der Waals surface area (Å²) in [6.45, 7) is 5.16. The first kappa shape index (κ1) is 11.4. The van der Waals surface area contributed by atoms with Crippen molar-refractivity contribution in [2.45, 2.75) is 0 Å². The van der Waals surface area contributed by atoms with Crippen molar-refractivity contribution in [2.24, 2.45) is 0 Å². The maximum Gasteiger partial charge on any atom is 0.203 e. The van der Waals surface area contributed by atoms with Crippen LogP contribution in [0, 0.1) is 6.92 Å². The molecule has 0 atom stereocenters. The minimum absolute atomic E-state index is 0.310. The molecule has 1 aromatic carbocycles. The van der Waals surface area contributed by atoms with Gasteiger partial charge < -0.3 is 14.2 Å². The lowest BCUT2D eigenvalue weighted by atomic mass is 10.1. The Morgan fingerprint density at radius 2 is 1.53 bits per heavy atom. The molecule has 0 spiro atoms. The zero-order valence-electron chi connectivity index (χ0n) is 8.87. The predicted octanol–water partition coefficient (Wildman–Crippen LogP) is 1.61. The summed E-state index contributed by atoms with van der Waals surface area (Å²) in [7, 11) is 4.44. The first-order valence-electron chi connectivity index (χ1n) is 4.23. The number of hydrogen-bond donors (Lipinski definition) is 0. The van der Waals surface area contributed by atoms with Crippen LogP contribution in [-0.2, 0) is 0 Å². The molecule has 0 aliphatic heterocycles. The number of hydrogen-bond acceptors (Lipinski definition) is 4. The summed E-state index contributed by atoms with van der Waals surface area (Å²) in [6.07, 6.45) is 0. The monoisotopic (exact) mass is 208 g/mol. The zero-order valence-corrected chi connectivity index (χ0v) is 8.87. The summed E-state index contributed by atoms with van der Waals surface area (Å²) >= 11 is 0. The molecular formula is C11H12O4. The Balaban J connectivity index is 3.35. The Hall–Kier alpha value is -1.71. The third-order valence-corrected chi connectivity index (χ3v) is 1.95. The molecule has 0 saturated heterocycles. The average molecular weight is 208 g/mol. The molecule has 1 aromatic rings. The highest BCUT2D eigenvalue weighted by Crippen LogP contribution is 2.38. The van der Waals surface area contributed by atoms with Gasteiger partial charge in [0.1, 0.15) is 0 Å². The smallest absolute Gasteiger partial charge is 0.203 e. The fraction of sp³-hybridized carbons (Fsp3) is 0.273. The average Bonchev–Trinajstić information content (AvgIpc) is 2.26. The minimum Gasteiger partial charge on any atom is -0.493 e. The van der Waals surface area contributed by atoms with E-state index in [2.05, 4.69) is 0 Å². The van der Waals surface area contributed by atoms with Crippen LogP contribution < -0.4 is 14.2 Å². The normalized spacial score (nSPS) is 9.60.